The van der Waals surface area contributed by atoms with Crippen LogP contribution in [0.25, 0.3) is 0 Å². The maximum absolute atomic E-state index is 11.9. The van der Waals surface area contributed by atoms with Gasteiger partial charge in [-0.15, -0.1) is 0 Å². The Hall–Kier alpha value is -1.70. The monoisotopic (exact) mass is 262 g/mol. The molecule has 1 aromatic heterocycles. The number of rotatable bonds is 5. The van der Waals surface area contributed by atoms with Crippen LogP contribution >= 0.6 is 0 Å². The number of hydrogen-bond acceptors (Lipinski definition) is 4. The van der Waals surface area contributed by atoms with Crippen LogP contribution in [0, 0.1) is 0 Å². The Balaban J connectivity index is 2.32. The molecule has 0 aliphatic rings. The first-order valence-electron chi connectivity index (χ1n) is 5.21. The Bertz CT molecular complexity index is 382. The van der Waals surface area contributed by atoms with Gasteiger partial charge in [-0.25, -0.2) is 9.97 Å². The number of carbonyl (C=O) groups excluding carboxylic acids is 1. The van der Waals surface area contributed by atoms with E-state index in [4.69, 9.17) is 0 Å². The number of carbonyl (C=O) groups is 1. The SMILES string of the molecule is CC(NCc1ccncn1)C(=O)NCC(F)(F)F. The summed E-state index contributed by atoms with van der Waals surface area (Å²) in [6.45, 7) is 0.432. The number of aromatic nitrogens is 2. The molecule has 0 aliphatic heterocycles. The van der Waals surface area contributed by atoms with E-state index in [0.29, 0.717) is 5.69 Å². The molecule has 0 saturated heterocycles. The van der Waals surface area contributed by atoms with Crippen LogP contribution in [0.3, 0.4) is 0 Å². The quantitative estimate of drug-likeness (QED) is 0.817. The molecule has 1 aromatic rings. The highest BCUT2D eigenvalue weighted by Crippen LogP contribution is 2.12. The van der Waals surface area contributed by atoms with Gasteiger partial charge in [0.1, 0.15) is 12.9 Å². The van der Waals surface area contributed by atoms with E-state index < -0.39 is 24.7 Å². The van der Waals surface area contributed by atoms with Crippen LogP contribution in [-0.4, -0.2) is 34.6 Å². The third-order valence-electron chi connectivity index (χ3n) is 2.09. The predicted molar refractivity (Wildman–Crippen MR) is 57.4 cm³/mol. The molecule has 1 rings (SSSR count). The lowest BCUT2D eigenvalue weighted by Gasteiger charge is -2.14. The molecule has 0 aromatic carbocycles. The average Bonchev–Trinajstić information content (AvgIpc) is 2.33. The van der Waals surface area contributed by atoms with E-state index >= 15 is 0 Å². The van der Waals surface area contributed by atoms with E-state index in [1.807, 2.05) is 0 Å². The van der Waals surface area contributed by atoms with Gasteiger partial charge in [-0.1, -0.05) is 0 Å². The van der Waals surface area contributed by atoms with Crippen LogP contribution in [-0.2, 0) is 11.3 Å². The van der Waals surface area contributed by atoms with Crippen molar-refractivity contribution in [2.45, 2.75) is 25.7 Å². The van der Waals surface area contributed by atoms with Crippen molar-refractivity contribution in [3.05, 3.63) is 24.3 Å². The summed E-state index contributed by atoms with van der Waals surface area (Å²) in [5, 5.41) is 4.56. The van der Waals surface area contributed by atoms with Crippen molar-refractivity contribution in [3.63, 3.8) is 0 Å². The first-order chi connectivity index (χ1) is 8.38. The lowest BCUT2D eigenvalue weighted by molar-refractivity contribution is -0.139. The Morgan fingerprint density at radius 3 is 2.78 bits per heavy atom. The second-order valence-electron chi connectivity index (χ2n) is 3.64. The fourth-order valence-corrected chi connectivity index (χ4v) is 1.11. The molecule has 0 saturated carbocycles. The maximum Gasteiger partial charge on any atom is 0.405 e. The summed E-state index contributed by atoms with van der Waals surface area (Å²) in [5.41, 5.74) is 0.653. The van der Waals surface area contributed by atoms with Gasteiger partial charge in [-0.05, 0) is 13.0 Å². The van der Waals surface area contributed by atoms with Gasteiger partial charge in [0.2, 0.25) is 5.91 Å². The largest absolute Gasteiger partial charge is 0.405 e. The third-order valence-corrected chi connectivity index (χ3v) is 2.09. The van der Waals surface area contributed by atoms with Crippen LogP contribution in [0.4, 0.5) is 13.2 Å². The van der Waals surface area contributed by atoms with Crippen molar-refractivity contribution in [2.75, 3.05) is 6.54 Å². The predicted octanol–water partition coefficient (Wildman–Crippen LogP) is 0.633. The molecule has 0 fully saturated rings. The molecular weight excluding hydrogens is 249 g/mol. The van der Waals surface area contributed by atoms with Crippen molar-refractivity contribution in [3.8, 4) is 0 Å². The Labute approximate surface area is 102 Å². The lowest BCUT2D eigenvalue weighted by atomic mass is 10.3. The zero-order valence-corrected chi connectivity index (χ0v) is 9.66. The number of nitrogens with zero attached hydrogens (tertiary/aromatic N) is 2. The van der Waals surface area contributed by atoms with Gasteiger partial charge >= 0.3 is 6.18 Å². The average molecular weight is 262 g/mol. The highest BCUT2D eigenvalue weighted by molar-refractivity contribution is 5.81. The molecule has 8 heteroatoms. The first kappa shape index (κ1) is 14.4. The molecule has 18 heavy (non-hydrogen) atoms. The number of nitrogens with one attached hydrogen (secondary N) is 2. The van der Waals surface area contributed by atoms with Crippen molar-refractivity contribution in [2.24, 2.45) is 0 Å². The smallest absolute Gasteiger partial charge is 0.346 e. The standard InChI is InChI=1S/C10H13F3N4O/c1-7(9(18)16-5-10(11,12)13)15-4-8-2-3-14-6-17-8/h2-3,6-7,15H,4-5H2,1H3,(H,16,18). The fourth-order valence-electron chi connectivity index (χ4n) is 1.11. The molecule has 0 aliphatic carbocycles. The van der Waals surface area contributed by atoms with Crippen LogP contribution in [0.2, 0.25) is 0 Å². The highest BCUT2D eigenvalue weighted by Gasteiger charge is 2.28. The van der Waals surface area contributed by atoms with Gasteiger partial charge in [0.25, 0.3) is 0 Å². The summed E-state index contributed by atoms with van der Waals surface area (Å²) in [7, 11) is 0. The molecule has 5 nitrogen and oxygen atoms in total. The summed E-state index contributed by atoms with van der Waals surface area (Å²) in [5.74, 6) is -0.707. The van der Waals surface area contributed by atoms with Gasteiger partial charge in [0.15, 0.2) is 0 Å². The van der Waals surface area contributed by atoms with Crippen LogP contribution in [0.1, 0.15) is 12.6 Å². The zero-order valence-electron chi connectivity index (χ0n) is 9.66. The minimum absolute atomic E-state index is 0.281. The summed E-state index contributed by atoms with van der Waals surface area (Å²) >= 11 is 0. The molecular formula is C10H13F3N4O. The molecule has 2 N–H and O–H groups in total. The normalized spacial score (nSPS) is 13.1. The highest BCUT2D eigenvalue weighted by atomic mass is 19.4. The summed E-state index contributed by atoms with van der Waals surface area (Å²) in [4.78, 5) is 18.9. The minimum Gasteiger partial charge on any atom is -0.346 e. The Morgan fingerprint density at radius 1 is 1.50 bits per heavy atom. The molecule has 0 radical (unpaired) electrons. The minimum atomic E-state index is -4.40. The van der Waals surface area contributed by atoms with Crippen molar-refractivity contribution in [1.29, 1.82) is 0 Å². The molecule has 1 unspecified atom stereocenters. The summed E-state index contributed by atoms with van der Waals surface area (Å²) in [6.07, 6.45) is -1.51. The fraction of sp³-hybridized carbons (Fsp3) is 0.500. The van der Waals surface area contributed by atoms with Crippen molar-refractivity contribution >= 4 is 5.91 Å². The van der Waals surface area contributed by atoms with Gasteiger partial charge in [0, 0.05) is 12.7 Å². The van der Waals surface area contributed by atoms with Crippen LogP contribution in [0.15, 0.2) is 18.6 Å². The van der Waals surface area contributed by atoms with E-state index in [9.17, 15) is 18.0 Å². The van der Waals surface area contributed by atoms with E-state index in [2.05, 4.69) is 15.3 Å². The second-order valence-corrected chi connectivity index (χ2v) is 3.64. The van der Waals surface area contributed by atoms with Gasteiger partial charge in [0.05, 0.1) is 11.7 Å². The van der Waals surface area contributed by atoms with Crippen molar-refractivity contribution in [1.82, 2.24) is 20.6 Å². The van der Waals surface area contributed by atoms with Crippen molar-refractivity contribution < 1.29 is 18.0 Å². The molecule has 0 spiro atoms. The van der Waals surface area contributed by atoms with Gasteiger partial charge < -0.3 is 10.6 Å². The van der Waals surface area contributed by atoms with Gasteiger partial charge in [-0.2, -0.15) is 13.2 Å². The number of halogens is 3. The Kier molecular flexibility index (Phi) is 5.02. The number of alkyl halides is 3. The number of hydrogen-bond donors (Lipinski definition) is 2. The third kappa shape index (κ3) is 5.58. The van der Waals surface area contributed by atoms with E-state index in [1.165, 1.54) is 13.3 Å². The van der Waals surface area contributed by atoms with E-state index in [0.717, 1.165) is 0 Å². The van der Waals surface area contributed by atoms with E-state index in [1.54, 1.807) is 17.6 Å². The molecule has 1 atom stereocenters. The second kappa shape index (κ2) is 6.29. The summed E-state index contributed by atoms with van der Waals surface area (Å²) < 4.78 is 35.6. The topological polar surface area (TPSA) is 66.9 Å². The van der Waals surface area contributed by atoms with Crippen LogP contribution < -0.4 is 10.6 Å². The molecule has 1 amide bonds. The van der Waals surface area contributed by atoms with Crippen LogP contribution in [0.5, 0.6) is 0 Å². The first-order valence-corrected chi connectivity index (χ1v) is 5.21. The lowest BCUT2D eigenvalue weighted by Crippen LogP contribution is -2.45. The summed E-state index contributed by atoms with van der Waals surface area (Å²) in [6, 6.07) is 0.912. The maximum atomic E-state index is 11.9. The molecule has 1 heterocycles. The van der Waals surface area contributed by atoms with E-state index in [-0.39, 0.29) is 6.54 Å². The Morgan fingerprint density at radius 2 is 2.22 bits per heavy atom. The number of amides is 1. The molecule has 100 valence electrons. The molecule has 0 bridgehead atoms. The zero-order chi connectivity index (χ0) is 13.6. The van der Waals surface area contributed by atoms with Gasteiger partial charge in [-0.3, -0.25) is 4.79 Å².